The molecule has 0 heterocycles. The van der Waals surface area contributed by atoms with Crippen LogP contribution >= 0.6 is 0 Å². The molecule has 9 nitrogen and oxygen atoms in total. The third kappa shape index (κ3) is 9.40. The van der Waals surface area contributed by atoms with Gasteiger partial charge >= 0.3 is 12.1 Å². The number of hydrogen-bond acceptors (Lipinski definition) is 5. The standard InChI is InChI=1S/C21H31N3O6/c1-13(2)17(24-16(25)12-22-20(29)30-21(3,4)5)18(26)23-15(19(27)28)11-14-9-7-6-8-10-14/h6-10,13,15,17H,11-12H2,1-5H3,(H,22,29)(H,23,26)(H,24,25)(H,27,28). The first-order valence-corrected chi connectivity index (χ1v) is 9.72. The highest BCUT2D eigenvalue weighted by atomic mass is 16.6. The summed E-state index contributed by atoms with van der Waals surface area (Å²) < 4.78 is 5.05. The fourth-order valence-electron chi connectivity index (χ4n) is 2.54. The van der Waals surface area contributed by atoms with Gasteiger partial charge in [-0.3, -0.25) is 9.59 Å². The molecule has 0 aromatic heterocycles. The van der Waals surface area contributed by atoms with Gasteiger partial charge in [-0.1, -0.05) is 44.2 Å². The van der Waals surface area contributed by atoms with Gasteiger partial charge in [-0.2, -0.15) is 0 Å². The Labute approximate surface area is 176 Å². The van der Waals surface area contributed by atoms with Crippen LogP contribution in [0.5, 0.6) is 0 Å². The van der Waals surface area contributed by atoms with Crippen molar-refractivity contribution in [2.75, 3.05) is 6.54 Å². The molecule has 4 N–H and O–H groups in total. The van der Waals surface area contributed by atoms with Crippen LogP contribution in [-0.4, -0.2) is 53.2 Å². The molecule has 2 unspecified atom stereocenters. The first kappa shape index (κ1) is 24.9. The van der Waals surface area contributed by atoms with Crippen molar-refractivity contribution >= 4 is 23.9 Å². The number of alkyl carbamates (subject to hydrolysis) is 1. The lowest BCUT2D eigenvalue weighted by atomic mass is 10.0. The molecule has 0 aliphatic heterocycles. The second-order valence-electron chi connectivity index (χ2n) is 8.23. The highest BCUT2D eigenvalue weighted by molar-refractivity contribution is 5.91. The van der Waals surface area contributed by atoms with Gasteiger partial charge in [0.05, 0.1) is 0 Å². The molecular formula is C21H31N3O6. The Hall–Kier alpha value is -3.10. The largest absolute Gasteiger partial charge is 0.480 e. The van der Waals surface area contributed by atoms with E-state index in [1.54, 1.807) is 58.9 Å². The molecule has 1 aromatic carbocycles. The van der Waals surface area contributed by atoms with Crippen LogP contribution in [0.3, 0.4) is 0 Å². The van der Waals surface area contributed by atoms with Gasteiger partial charge in [-0.05, 0) is 32.3 Å². The zero-order chi connectivity index (χ0) is 22.9. The van der Waals surface area contributed by atoms with E-state index >= 15 is 0 Å². The summed E-state index contributed by atoms with van der Waals surface area (Å²) in [6, 6.07) is 6.81. The van der Waals surface area contributed by atoms with Crippen LogP contribution in [0.25, 0.3) is 0 Å². The normalized spacial score (nSPS) is 13.1. The molecule has 2 atom stereocenters. The van der Waals surface area contributed by atoms with Crippen molar-refractivity contribution in [3.8, 4) is 0 Å². The van der Waals surface area contributed by atoms with Crippen molar-refractivity contribution in [3.05, 3.63) is 35.9 Å². The van der Waals surface area contributed by atoms with E-state index in [-0.39, 0.29) is 18.9 Å². The van der Waals surface area contributed by atoms with Crippen molar-refractivity contribution < 1.29 is 29.0 Å². The summed E-state index contributed by atoms with van der Waals surface area (Å²) in [4.78, 5) is 48.1. The molecule has 0 bridgehead atoms. The Bertz CT molecular complexity index is 743. The SMILES string of the molecule is CC(C)C(NC(=O)CNC(=O)OC(C)(C)C)C(=O)NC(Cc1ccccc1)C(=O)O. The number of carboxylic acid groups (broad SMARTS) is 1. The Balaban J connectivity index is 2.69. The van der Waals surface area contributed by atoms with Crippen molar-refractivity contribution in [3.63, 3.8) is 0 Å². The van der Waals surface area contributed by atoms with Crippen molar-refractivity contribution in [1.82, 2.24) is 16.0 Å². The summed E-state index contributed by atoms with van der Waals surface area (Å²) in [5, 5.41) is 16.8. The summed E-state index contributed by atoms with van der Waals surface area (Å²) in [7, 11) is 0. The first-order valence-electron chi connectivity index (χ1n) is 9.72. The molecule has 0 saturated carbocycles. The molecule has 1 aromatic rings. The third-order valence-corrected chi connectivity index (χ3v) is 3.96. The van der Waals surface area contributed by atoms with Crippen LogP contribution in [0, 0.1) is 5.92 Å². The zero-order valence-corrected chi connectivity index (χ0v) is 18.0. The van der Waals surface area contributed by atoms with Gasteiger partial charge in [0, 0.05) is 6.42 Å². The van der Waals surface area contributed by atoms with E-state index < -0.39 is 41.6 Å². The molecule has 0 aliphatic carbocycles. The fourth-order valence-corrected chi connectivity index (χ4v) is 2.54. The second-order valence-corrected chi connectivity index (χ2v) is 8.23. The van der Waals surface area contributed by atoms with Gasteiger partial charge in [-0.25, -0.2) is 9.59 Å². The highest BCUT2D eigenvalue weighted by Gasteiger charge is 2.29. The number of rotatable bonds is 9. The molecule has 0 radical (unpaired) electrons. The van der Waals surface area contributed by atoms with Gasteiger partial charge in [-0.15, -0.1) is 0 Å². The maximum absolute atomic E-state index is 12.6. The number of carboxylic acids is 1. The van der Waals surface area contributed by atoms with Crippen molar-refractivity contribution in [2.24, 2.45) is 5.92 Å². The van der Waals surface area contributed by atoms with Crippen LogP contribution in [-0.2, 0) is 25.5 Å². The summed E-state index contributed by atoms with van der Waals surface area (Å²) in [5.41, 5.74) is 0.0581. The van der Waals surface area contributed by atoms with Gasteiger partial charge < -0.3 is 25.8 Å². The number of aliphatic carboxylic acids is 1. The molecule has 0 fully saturated rings. The van der Waals surface area contributed by atoms with Crippen LogP contribution in [0.1, 0.15) is 40.2 Å². The smallest absolute Gasteiger partial charge is 0.408 e. The Morgan fingerprint density at radius 3 is 2.13 bits per heavy atom. The van der Waals surface area contributed by atoms with Gasteiger partial charge in [0.25, 0.3) is 0 Å². The Morgan fingerprint density at radius 1 is 1.03 bits per heavy atom. The average Bonchev–Trinajstić information content (AvgIpc) is 2.63. The quantitative estimate of drug-likeness (QED) is 0.477. The lowest BCUT2D eigenvalue weighted by Crippen LogP contribution is -2.55. The van der Waals surface area contributed by atoms with E-state index in [4.69, 9.17) is 4.74 Å². The van der Waals surface area contributed by atoms with E-state index in [1.165, 1.54) is 0 Å². The van der Waals surface area contributed by atoms with Crippen LogP contribution in [0.15, 0.2) is 30.3 Å². The first-order chi connectivity index (χ1) is 13.9. The van der Waals surface area contributed by atoms with E-state index in [0.29, 0.717) is 0 Å². The molecule has 0 spiro atoms. The van der Waals surface area contributed by atoms with E-state index in [0.717, 1.165) is 5.56 Å². The third-order valence-electron chi connectivity index (χ3n) is 3.96. The van der Waals surface area contributed by atoms with Crippen LogP contribution < -0.4 is 16.0 Å². The molecule has 0 aliphatic rings. The number of hydrogen-bond donors (Lipinski definition) is 4. The number of carbonyl (C=O) groups is 4. The Morgan fingerprint density at radius 2 is 1.63 bits per heavy atom. The average molecular weight is 421 g/mol. The monoisotopic (exact) mass is 421 g/mol. The lowest BCUT2D eigenvalue weighted by molar-refractivity contribution is -0.142. The van der Waals surface area contributed by atoms with Gasteiger partial charge in [0.2, 0.25) is 11.8 Å². The predicted octanol–water partition coefficient (Wildman–Crippen LogP) is 1.46. The summed E-state index contributed by atoms with van der Waals surface area (Å²) in [5.74, 6) is -2.68. The second kappa shape index (κ2) is 11.2. The summed E-state index contributed by atoms with van der Waals surface area (Å²) in [6.45, 7) is 8.15. The minimum atomic E-state index is -1.17. The molecule has 0 saturated heterocycles. The van der Waals surface area contributed by atoms with Crippen LogP contribution in [0.2, 0.25) is 0 Å². The molecule has 3 amide bonds. The molecular weight excluding hydrogens is 390 g/mol. The maximum atomic E-state index is 12.6. The molecule has 166 valence electrons. The fraction of sp³-hybridized carbons (Fsp3) is 0.524. The minimum absolute atomic E-state index is 0.112. The summed E-state index contributed by atoms with van der Waals surface area (Å²) in [6.07, 6.45) is -0.641. The van der Waals surface area contributed by atoms with E-state index in [2.05, 4.69) is 16.0 Å². The highest BCUT2D eigenvalue weighted by Crippen LogP contribution is 2.08. The lowest BCUT2D eigenvalue weighted by Gasteiger charge is -2.24. The molecule has 9 heteroatoms. The number of nitrogens with one attached hydrogen (secondary N) is 3. The van der Waals surface area contributed by atoms with Gasteiger partial charge in [0.15, 0.2) is 0 Å². The number of benzene rings is 1. The van der Waals surface area contributed by atoms with E-state index in [1.807, 2.05) is 6.07 Å². The molecule has 1 rings (SSSR count). The molecule has 30 heavy (non-hydrogen) atoms. The van der Waals surface area contributed by atoms with Crippen molar-refractivity contribution in [2.45, 2.75) is 58.7 Å². The number of carbonyl (C=O) groups excluding carboxylic acids is 3. The number of amides is 3. The van der Waals surface area contributed by atoms with E-state index in [9.17, 15) is 24.3 Å². The topological polar surface area (TPSA) is 134 Å². The summed E-state index contributed by atoms with van der Waals surface area (Å²) >= 11 is 0. The van der Waals surface area contributed by atoms with Crippen molar-refractivity contribution in [1.29, 1.82) is 0 Å². The number of ether oxygens (including phenoxy) is 1. The maximum Gasteiger partial charge on any atom is 0.408 e. The zero-order valence-electron chi connectivity index (χ0n) is 18.0. The predicted molar refractivity (Wildman–Crippen MR) is 111 cm³/mol. The minimum Gasteiger partial charge on any atom is -0.480 e. The van der Waals surface area contributed by atoms with Gasteiger partial charge in [0.1, 0.15) is 24.2 Å². The Kier molecular flexibility index (Phi) is 9.29. The van der Waals surface area contributed by atoms with Crippen LogP contribution in [0.4, 0.5) is 4.79 Å².